The van der Waals surface area contributed by atoms with Gasteiger partial charge in [0.25, 0.3) is 0 Å². The summed E-state index contributed by atoms with van der Waals surface area (Å²) < 4.78 is 43.4. The van der Waals surface area contributed by atoms with Gasteiger partial charge >= 0.3 is 5.63 Å². The standard InChI is InChI=1S/C19H23NO6S/c1-4-24-18-6-5-17(9-13(18)2)27(22,23)20-8-7-15(12-20)26-16-10-14(3)25-19(21)11-16/h5-6,9-11,15H,4,7-8,12H2,1-3H3. The molecule has 1 unspecified atom stereocenters. The highest BCUT2D eigenvalue weighted by Crippen LogP contribution is 2.27. The van der Waals surface area contributed by atoms with Gasteiger partial charge in [-0.2, -0.15) is 4.31 Å². The lowest BCUT2D eigenvalue weighted by molar-refractivity contribution is 0.213. The minimum Gasteiger partial charge on any atom is -0.494 e. The van der Waals surface area contributed by atoms with E-state index in [1.165, 1.54) is 10.4 Å². The average molecular weight is 393 g/mol. The van der Waals surface area contributed by atoms with Gasteiger partial charge in [0.05, 0.1) is 24.1 Å². The van der Waals surface area contributed by atoms with E-state index in [9.17, 15) is 13.2 Å². The summed E-state index contributed by atoms with van der Waals surface area (Å²) in [6, 6.07) is 7.75. The highest BCUT2D eigenvalue weighted by Gasteiger charge is 2.34. The van der Waals surface area contributed by atoms with Crippen LogP contribution in [-0.4, -0.2) is 38.5 Å². The van der Waals surface area contributed by atoms with Gasteiger partial charge in [0.15, 0.2) is 0 Å². The third-order valence-electron chi connectivity index (χ3n) is 4.36. The molecule has 0 radical (unpaired) electrons. The molecule has 1 aliphatic heterocycles. The number of benzene rings is 1. The number of hydrogen-bond acceptors (Lipinski definition) is 6. The summed E-state index contributed by atoms with van der Waals surface area (Å²) in [5.74, 6) is 1.52. The zero-order valence-electron chi connectivity index (χ0n) is 15.6. The van der Waals surface area contributed by atoms with Crippen molar-refractivity contribution in [3.63, 3.8) is 0 Å². The van der Waals surface area contributed by atoms with Crippen LogP contribution in [0.1, 0.15) is 24.7 Å². The van der Waals surface area contributed by atoms with Crippen LogP contribution < -0.4 is 15.1 Å². The molecule has 1 aromatic carbocycles. The smallest absolute Gasteiger partial charge is 0.339 e. The molecule has 0 N–H and O–H groups in total. The van der Waals surface area contributed by atoms with Gasteiger partial charge in [0.2, 0.25) is 10.0 Å². The van der Waals surface area contributed by atoms with Crippen molar-refractivity contribution in [2.24, 2.45) is 0 Å². The molecule has 1 saturated heterocycles. The van der Waals surface area contributed by atoms with Crippen molar-refractivity contribution in [3.05, 3.63) is 52.1 Å². The summed E-state index contributed by atoms with van der Waals surface area (Å²) in [4.78, 5) is 11.7. The van der Waals surface area contributed by atoms with E-state index in [4.69, 9.17) is 13.9 Å². The molecule has 3 rings (SSSR count). The van der Waals surface area contributed by atoms with Crippen LogP contribution in [-0.2, 0) is 10.0 Å². The number of sulfonamides is 1. The average Bonchev–Trinajstić information content (AvgIpc) is 3.05. The van der Waals surface area contributed by atoms with Crippen molar-refractivity contribution in [2.45, 2.75) is 38.2 Å². The summed E-state index contributed by atoms with van der Waals surface area (Å²) in [5.41, 5.74) is 0.286. The Labute approximate surface area is 158 Å². The highest BCUT2D eigenvalue weighted by molar-refractivity contribution is 7.89. The second kappa shape index (κ2) is 7.74. The molecule has 2 heterocycles. The lowest BCUT2D eigenvalue weighted by Crippen LogP contribution is -2.31. The predicted octanol–water partition coefficient (Wildman–Crippen LogP) is 2.50. The summed E-state index contributed by atoms with van der Waals surface area (Å²) in [6.45, 7) is 6.48. The third-order valence-corrected chi connectivity index (χ3v) is 6.22. The second-order valence-corrected chi connectivity index (χ2v) is 8.41. The van der Waals surface area contributed by atoms with Crippen LogP contribution in [0.15, 0.2) is 44.4 Å². The first-order valence-electron chi connectivity index (χ1n) is 8.81. The zero-order chi connectivity index (χ0) is 19.6. The van der Waals surface area contributed by atoms with Crippen LogP contribution in [0.2, 0.25) is 0 Å². The van der Waals surface area contributed by atoms with E-state index in [0.717, 1.165) is 5.56 Å². The molecule has 1 aromatic heterocycles. The number of ether oxygens (including phenoxy) is 2. The first-order valence-corrected chi connectivity index (χ1v) is 10.3. The lowest BCUT2D eigenvalue weighted by atomic mass is 10.2. The van der Waals surface area contributed by atoms with E-state index in [0.29, 0.717) is 36.8 Å². The van der Waals surface area contributed by atoms with Gasteiger partial charge in [-0.1, -0.05) is 0 Å². The Bertz CT molecular complexity index is 982. The molecule has 27 heavy (non-hydrogen) atoms. The summed E-state index contributed by atoms with van der Waals surface area (Å²) in [7, 11) is -3.62. The number of hydrogen-bond donors (Lipinski definition) is 0. The van der Waals surface area contributed by atoms with Crippen LogP contribution in [0.3, 0.4) is 0 Å². The third kappa shape index (κ3) is 4.33. The van der Waals surface area contributed by atoms with E-state index in [-0.39, 0.29) is 17.5 Å². The molecular weight excluding hydrogens is 370 g/mol. The molecule has 0 spiro atoms. The molecule has 1 atom stereocenters. The van der Waals surface area contributed by atoms with E-state index < -0.39 is 15.6 Å². The fourth-order valence-corrected chi connectivity index (χ4v) is 4.67. The highest BCUT2D eigenvalue weighted by atomic mass is 32.2. The minimum atomic E-state index is -3.62. The maximum atomic E-state index is 12.9. The number of nitrogens with zero attached hydrogens (tertiary/aromatic N) is 1. The Kier molecular flexibility index (Phi) is 5.57. The van der Waals surface area contributed by atoms with Crippen molar-refractivity contribution in [1.29, 1.82) is 0 Å². The monoisotopic (exact) mass is 393 g/mol. The van der Waals surface area contributed by atoms with Crippen LogP contribution in [0, 0.1) is 13.8 Å². The van der Waals surface area contributed by atoms with Crippen LogP contribution in [0.4, 0.5) is 0 Å². The van der Waals surface area contributed by atoms with E-state index in [2.05, 4.69) is 0 Å². The Morgan fingerprint density at radius 1 is 1.22 bits per heavy atom. The fourth-order valence-electron chi connectivity index (χ4n) is 3.10. The van der Waals surface area contributed by atoms with E-state index in [1.807, 2.05) is 13.8 Å². The van der Waals surface area contributed by atoms with Crippen molar-refractivity contribution < 1.29 is 22.3 Å². The fraction of sp³-hybridized carbons (Fsp3) is 0.421. The lowest BCUT2D eigenvalue weighted by Gasteiger charge is -2.18. The first-order chi connectivity index (χ1) is 12.8. The Morgan fingerprint density at radius 3 is 2.67 bits per heavy atom. The zero-order valence-corrected chi connectivity index (χ0v) is 16.4. The summed E-state index contributed by atoms with van der Waals surface area (Å²) in [6.07, 6.45) is 0.235. The molecule has 0 saturated carbocycles. The van der Waals surface area contributed by atoms with Gasteiger partial charge in [0.1, 0.15) is 23.4 Å². The Balaban J connectivity index is 1.73. The van der Waals surface area contributed by atoms with Crippen LogP contribution >= 0.6 is 0 Å². The van der Waals surface area contributed by atoms with Crippen molar-refractivity contribution in [2.75, 3.05) is 19.7 Å². The Morgan fingerprint density at radius 2 is 2.00 bits per heavy atom. The molecule has 0 amide bonds. The molecule has 2 aromatic rings. The van der Waals surface area contributed by atoms with Crippen molar-refractivity contribution in [3.8, 4) is 11.5 Å². The van der Waals surface area contributed by atoms with Gasteiger partial charge in [-0.05, 0) is 51.0 Å². The van der Waals surface area contributed by atoms with Gasteiger partial charge in [-0.15, -0.1) is 0 Å². The molecular formula is C19H23NO6S. The molecule has 1 fully saturated rings. The molecule has 1 aliphatic rings. The van der Waals surface area contributed by atoms with Crippen LogP contribution in [0.5, 0.6) is 11.5 Å². The van der Waals surface area contributed by atoms with Crippen LogP contribution in [0.25, 0.3) is 0 Å². The number of rotatable bonds is 6. The Hall–Kier alpha value is -2.32. The summed E-state index contributed by atoms with van der Waals surface area (Å²) >= 11 is 0. The quantitative estimate of drug-likeness (QED) is 0.750. The molecule has 8 heteroatoms. The molecule has 7 nitrogen and oxygen atoms in total. The topological polar surface area (TPSA) is 86.1 Å². The molecule has 146 valence electrons. The SMILES string of the molecule is CCOc1ccc(S(=O)(=O)N2CCC(Oc3cc(C)oc(=O)c3)C2)cc1C. The second-order valence-electron chi connectivity index (χ2n) is 6.47. The van der Waals surface area contributed by atoms with Gasteiger partial charge in [-0.25, -0.2) is 13.2 Å². The first kappa shape index (κ1) is 19.4. The summed E-state index contributed by atoms with van der Waals surface area (Å²) in [5, 5.41) is 0. The maximum Gasteiger partial charge on any atom is 0.339 e. The normalized spacial score (nSPS) is 17.8. The van der Waals surface area contributed by atoms with E-state index in [1.54, 1.807) is 31.2 Å². The largest absolute Gasteiger partial charge is 0.494 e. The van der Waals surface area contributed by atoms with Gasteiger partial charge in [0, 0.05) is 12.6 Å². The minimum absolute atomic E-state index is 0.230. The molecule has 0 aliphatic carbocycles. The predicted molar refractivity (Wildman–Crippen MR) is 99.9 cm³/mol. The van der Waals surface area contributed by atoms with E-state index >= 15 is 0 Å². The van der Waals surface area contributed by atoms with Crippen molar-refractivity contribution >= 4 is 10.0 Å². The van der Waals surface area contributed by atoms with Gasteiger partial charge < -0.3 is 13.9 Å². The maximum absolute atomic E-state index is 12.9. The van der Waals surface area contributed by atoms with Crippen molar-refractivity contribution in [1.82, 2.24) is 4.31 Å². The molecule has 0 bridgehead atoms. The number of aryl methyl sites for hydroxylation is 2. The van der Waals surface area contributed by atoms with Gasteiger partial charge in [-0.3, -0.25) is 0 Å².